The summed E-state index contributed by atoms with van der Waals surface area (Å²) in [5, 5.41) is 19.5. The Kier molecular flexibility index (Phi) is 4.83. The number of aromatic hydroxyl groups is 2. The first-order valence-electron chi connectivity index (χ1n) is 8.96. The van der Waals surface area contributed by atoms with Crippen LogP contribution in [-0.2, 0) is 15.1 Å². The summed E-state index contributed by atoms with van der Waals surface area (Å²) in [5.41, 5.74) is 6.49. The van der Waals surface area contributed by atoms with Crippen LogP contribution in [0.4, 0.5) is 0 Å². The van der Waals surface area contributed by atoms with Gasteiger partial charge in [0, 0.05) is 32.8 Å². The van der Waals surface area contributed by atoms with E-state index >= 15 is 0 Å². The Morgan fingerprint density at radius 3 is 1.97 bits per heavy atom. The lowest BCUT2D eigenvalue weighted by atomic mass is 9.79. The molecule has 6 nitrogen and oxygen atoms in total. The zero-order valence-electron chi connectivity index (χ0n) is 15.5. The van der Waals surface area contributed by atoms with Crippen molar-refractivity contribution in [3.8, 4) is 11.5 Å². The molecule has 0 aromatic heterocycles. The summed E-state index contributed by atoms with van der Waals surface area (Å²) in [6.07, 6.45) is 2.64. The molecule has 0 aliphatic carbocycles. The van der Waals surface area contributed by atoms with Crippen molar-refractivity contribution in [1.29, 1.82) is 0 Å². The van der Waals surface area contributed by atoms with Gasteiger partial charge in [-0.25, -0.2) is 4.79 Å². The van der Waals surface area contributed by atoms with Crippen molar-refractivity contribution in [3.63, 3.8) is 0 Å². The molecule has 7 heteroatoms. The molecule has 1 aliphatic rings. The maximum absolute atomic E-state index is 13.1. The number of halogens is 1. The summed E-state index contributed by atoms with van der Waals surface area (Å²) in [5.74, 6) is -1.07. The summed E-state index contributed by atoms with van der Waals surface area (Å²) < 4.78 is 6.60. The first-order valence-corrected chi connectivity index (χ1v) is 9.75. The molecule has 0 fully saturated rings. The molecule has 1 amide bonds. The predicted octanol–water partition coefficient (Wildman–Crippen LogP) is 3.82. The highest BCUT2D eigenvalue weighted by molar-refractivity contribution is 9.10. The van der Waals surface area contributed by atoms with Gasteiger partial charge in [-0.1, -0.05) is 46.3 Å². The van der Waals surface area contributed by atoms with Crippen LogP contribution in [0.15, 0.2) is 71.2 Å². The number of phenols is 2. The third-order valence-electron chi connectivity index (χ3n) is 4.98. The normalized spacial score (nSPS) is 14.5. The summed E-state index contributed by atoms with van der Waals surface area (Å²) in [6, 6.07) is 16.3. The van der Waals surface area contributed by atoms with Gasteiger partial charge in [-0.05, 0) is 36.4 Å². The Hall–Kier alpha value is -3.58. The van der Waals surface area contributed by atoms with Crippen LogP contribution in [0.2, 0.25) is 0 Å². The smallest absolute Gasteiger partial charge is 0.340 e. The second kappa shape index (κ2) is 7.35. The molecule has 30 heavy (non-hydrogen) atoms. The van der Waals surface area contributed by atoms with Crippen molar-refractivity contribution in [2.45, 2.75) is 5.60 Å². The Morgan fingerprint density at radius 2 is 1.47 bits per heavy atom. The van der Waals surface area contributed by atoms with E-state index in [1.165, 1.54) is 36.4 Å². The highest BCUT2D eigenvalue weighted by Gasteiger charge is 2.49. The minimum absolute atomic E-state index is 0.0741. The van der Waals surface area contributed by atoms with Gasteiger partial charge < -0.3 is 20.7 Å². The summed E-state index contributed by atoms with van der Waals surface area (Å²) in [4.78, 5) is 24.3. The Labute approximate surface area is 180 Å². The van der Waals surface area contributed by atoms with Gasteiger partial charge in [0.2, 0.25) is 5.91 Å². The minimum Gasteiger partial charge on any atom is -0.508 e. The van der Waals surface area contributed by atoms with Gasteiger partial charge in [0.15, 0.2) is 5.60 Å². The van der Waals surface area contributed by atoms with Gasteiger partial charge in [0.05, 0.1) is 5.56 Å². The molecule has 0 bridgehead atoms. The zero-order valence-corrected chi connectivity index (χ0v) is 17.1. The molecule has 3 aromatic rings. The van der Waals surface area contributed by atoms with E-state index in [0.717, 1.165) is 0 Å². The van der Waals surface area contributed by atoms with Crippen LogP contribution in [0.1, 0.15) is 32.6 Å². The topological polar surface area (TPSA) is 110 Å². The molecule has 0 saturated carbocycles. The van der Waals surface area contributed by atoms with Gasteiger partial charge in [-0.15, -0.1) is 0 Å². The summed E-state index contributed by atoms with van der Waals surface area (Å²) in [6.45, 7) is 0. The van der Waals surface area contributed by atoms with E-state index in [1.807, 2.05) is 0 Å². The molecule has 0 unspecified atom stereocenters. The number of amides is 1. The number of hydrogen-bond acceptors (Lipinski definition) is 5. The van der Waals surface area contributed by atoms with Gasteiger partial charge in [-0.2, -0.15) is 0 Å². The molecule has 4 N–H and O–H groups in total. The van der Waals surface area contributed by atoms with Crippen LogP contribution < -0.4 is 5.73 Å². The van der Waals surface area contributed by atoms with Gasteiger partial charge in [-0.3, -0.25) is 4.79 Å². The van der Waals surface area contributed by atoms with Crippen molar-refractivity contribution in [2.24, 2.45) is 5.73 Å². The highest BCUT2D eigenvalue weighted by atomic mass is 79.9. The molecule has 4 rings (SSSR count). The quantitative estimate of drug-likeness (QED) is 0.400. The van der Waals surface area contributed by atoms with Crippen molar-refractivity contribution in [2.75, 3.05) is 0 Å². The number of benzene rings is 3. The van der Waals surface area contributed by atoms with Gasteiger partial charge in [0.25, 0.3) is 0 Å². The van der Waals surface area contributed by atoms with Crippen LogP contribution in [0.25, 0.3) is 6.08 Å². The number of phenolic OH excluding ortho intramolecular Hbond substituents is 2. The van der Waals surface area contributed by atoms with E-state index in [0.29, 0.717) is 32.3 Å². The Balaban J connectivity index is 2.04. The van der Waals surface area contributed by atoms with E-state index in [2.05, 4.69) is 15.9 Å². The number of nitrogens with two attached hydrogens (primary N) is 1. The third kappa shape index (κ3) is 3.13. The molecule has 0 radical (unpaired) electrons. The molecule has 0 spiro atoms. The average Bonchev–Trinajstić information content (AvgIpc) is 3.01. The van der Waals surface area contributed by atoms with E-state index in [4.69, 9.17) is 10.5 Å². The summed E-state index contributed by atoms with van der Waals surface area (Å²) in [7, 11) is 0. The first-order chi connectivity index (χ1) is 14.3. The van der Waals surface area contributed by atoms with E-state index in [-0.39, 0.29) is 11.5 Å². The number of cyclic esters (lactones) is 1. The van der Waals surface area contributed by atoms with Crippen molar-refractivity contribution in [3.05, 3.63) is 99.0 Å². The second-order valence-corrected chi connectivity index (χ2v) is 7.64. The average molecular weight is 466 g/mol. The van der Waals surface area contributed by atoms with Gasteiger partial charge >= 0.3 is 5.97 Å². The summed E-state index contributed by atoms with van der Waals surface area (Å²) >= 11 is 3.42. The van der Waals surface area contributed by atoms with Gasteiger partial charge in [0.1, 0.15) is 11.5 Å². The largest absolute Gasteiger partial charge is 0.508 e. The molecule has 3 aromatic carbocycles. The number of ether oxygens (including phenoxy) is 1. The monoisotopic (exact) mass is 465 g/mol. The minimum atomic E-state index is -1.30. The van der Waals surface area contributed by atoms with E-state index < -0.39 is 17.5 Å². The standard InChI is InChI=1S/C23H16BrNO5/c24-19-11-10-18-21(17(19)9-12-20(25)28)22(29)30-23(18,13-1-5-15(26)6-2-13)14-3-7-16(27)8-4-14/h1-12,26-27H,(H2,25,28). The third-order valence-corrected chi connectivity index (χ3v) is 5.67. The molecule has 1 aliphatic heterocycles. The number of fused-ring (bicyclic) bond motifs is 1. The Bertz CT molecular complexity index is 1140. The van der Waals surface area contributed by atoms with E-state index in [9.17, 15) is 19.8 Å². The predicted molar refractivity (Wildman–Crippen MR) is 114 cm³/mol. The fourth-order valence-electron chi connectivity index (χ4n) is 3.67. The van der Waals surface area contributed by atoms with Crippen LogP contribution in [-0.4, -0.2) is 22.1 Å². The molecule has 1 heterocycles. The maximum Gasteiger partial charge on any atom is 0.340 e. The Morgan fingerprint density at radius 1 is 0.933 bits per heavy atom. The fourth-order valence-corrected chi connectivity index (χ4v) is 4.13. The van der Waals surface area contributed by atoms with Crippen LogP contribution in [0.5, 0.6) is 11.5 Å². The van der Waals surface area contributed by atoms with Crippen LogP contribution in [0, 0.1) is 0 Å². The van der Waals surface area contributed by atoms with Crippen molar-refractivity contribution < 1.29 is 24.5 Å². The molecular weight excluding hydrogens is 450 g/mol. The lowest BCUT2D eigenvalue weighted by Gasteiger charge is -2.30. The second-order valence-electron chi connectivity index (χ2n) is 6.78. The number of hydrogen-bond donors (Lipinski definition) is 3. The number of carbonyl (C=O) groups excluding carboxylic acids is 2. The first kappa shape index (κ1) is 19.7. The number of primary amides is 1. The molecule has 150 valence electrons. The number of carbonyl (C=O) groups is 2. The fraction of sp³-hybridized carbons (Fsp3) is 0.0435. The highest BCUT2D eigenvalue weighted by Crippen LogP contribution is 2.49. The zero-order chi connectivity index (χ0) is 21.5. The maximum atomic E-state index is 13.1. The van der Waals surface area contributed by atoms with Crippen LogP contribution >= 0.6 is 15.9 Å². The lowest BCUT2D eigenvalue weighted by Crippen LogP contribution is -2.29. The van der Waals surface area contributed by atoms with E-state index in [1.54, 1.807) is 36.4 Å². The van der Waals surface area contributed by atoms with Crippen molar-refractivity contribution >= 4 is 33.9 Å². The molecular formula is C23H16BrNO5. The van der Waals surface area contributed by atoms with Crippen LogP contribution in [0.3, 0.4) is 0 Å². The molecule has 0 atom stereocenters. The SMILES string of the molecule is NC(=O)C=Cc1c(Br)ccc2c1C(=O)OC2(c1ccc(O)cc1)c1ccc(O)cc1. The van der Waals surface area contributed by atoms with Crippen molar-refractivity contribution in [1.82, 2.24) is 0 Å². The lowest BCUT2D eigenvalue weighted by molar-refractivity contribution is -0.113. The number of esters is 1. The number of rotatable bonds is 4. The molecule has 0 saturated heterocycles.